The highest BCUT2D eigenvalue weighted by atomic mass is 19.1. The fourth-order valence-electron chi connectivity index (χ4n) is 3.48. The Balaban J connectivity index is 2.16. The zero-order valence-corrected chi connectivity index (χ0v) is 14.9. The minimum Gasteiger partial charge on any atom is -0.504 e. The first-order valence-corrected chi connectivity index (χ1v) is 8.70. The molecule has 1 aliphatic heterocycles. The second kappa shape index (κ2) is 6.12. The number of rotatable bonds is 4. The largest absolute Gasteiger partial charge is 0.504 e. The molecule has 0 unspecified atom stereocenters. The minimum absolute atomic E-state index is 0.290. The van der Waals surface area contributed by atoms with E-state index in [1.165, 1.54) is 0 Å². The van der Waals surface area contributed by atoms with E-state index in [2.05, 4.69) is 6.92 Å². The summed E-state index contributed by atoms with van der Waals surface area (Å²) in [4.78, 5) is 0. The quantitative estimate of drug-likeness (QED) is 0.712. The number of ether oxygens (including phenoxy) is 1. The van der Waals surface area contributed by atoms with Crippen molar-refractivity contribution < 1.29 is 14.2 Å². The Morgan fingerprint density at radius 1 is 1.17 bits per heavy atom. The topological polar surface area (TPSA) is 29.5 Å². The van der Waals surface area contributed by atoms with Gasteiger partial charge in [0.2, 0.25) is 0 Å². The number of fused-ring (bicyclic) bond motifs is 3. The van der Waals surface area contributed by atoms with Gasteiger partial charge in [0.15, 0.2) is 11.6 Å². The second-order valence-electron chi connectivity index (χ2n) is 7.19. The average Bonchev–Trinajstić information content (AvgIpc) is 2.51. The zero-order valence-electron chi connectivity index (χ0n) is 14.9. The van der Waals surface area contributed by atoms with Gasteiger partial charge in [-0.3, -0.25) is 0 Å². The maximum absolute atomic E-state index is 14.7. The first kappa shape index (κ1) is 16.8. The van der Waals surface area contributed by atoms with Gasteiger partial charge in [-0.05, 0) is 50.8 Å². The molecule has 24 heavy (non-hydrogen) atoms. The number of hydrogen-bond donors (Lipinski definition) is 1. The molecule has 0 spiro atoms. The molecular weight excluding hydrogens is 303 g/mol. The lowest BCUT2D eigenvalue weighted by Gasteiger charge is -2.35. The predicted octanol–water partition coefficient (Wildman–Crippen LogP) is 5.87. The molecule has 0 radical (unpaired) electrons. The van der Waals surface area contributed by atoms with Crippen molar-refractivity contribution in [2.24, 2.45) is 0 Å². The molecule has 0 amide bonds. The molecule has 0 bridgehead atoms. The molecule has 0 fully saturated rings. The van der Waals surface area contributed by atoms with Crippen molar-refractivity contribution in [3.8, 4) is 22.6 Å². The normalized spacial score (nSPS) is 14.7. The van der Waals surface area contributed by atoms with Crippen LogP contribution >= 0.6 is 0 Å². The Morgan fingerprint density at radius 2 is 1.92 bits per heavy atom. The Bertz CT molecular complexity index is 778. The smallest absolute Gasteiger partial charge is 0.168 e. The first-order chi connectivity index (χ1) is 11.3. The molecule has 2 aromatic carbocycles. The molecule has 0 atom stereocenters. The number of phenolic OH excluding ortho intramolecular Hbond substituents is 1. The summed E-state index contributed by atoms with van der Waals surface area (Å²) in [5.41, 5.74) is 3.40. The molecule has 3 heteroatoms. The van der Waals surface area contributed by atoms with Crippen molar-refractivity contribution in [1.82, 2.24) is 0 Å². The molecule has 0 saturated heterocycles. The monoisotopic (exact) mass is 328 g/mol. The molecule has 3 rings (SSSR count). The fraction of sp³-hybridized carbons (Fsp3) is 0.429. The summed E-state index contributed by atoms with van der Waals surface area (Å²) in [5, 5.41) is 10.5. The van der Waals surface area contributed by atoms with Crippen LogP contribution < -0.4 is 4.74 Å². The van der Waals surface area contributed by atoms with Crippen molar-refractivity contribution >= 4 is 0 Å². The summed E-state index contributed by atoms with van der Waals surface area (Å²) in [6, 6.07) is 7.78. The predicted molar refractivity (Wildman–Crippen MR) is 95.1 cm³/mol. The molecule has 0 saturated carbocycles. The highest BCUT2D eigenvalue weighted by Crippen LogP contribution is 2.50. The van der Waals surface area contributed by atoms with Crippen molar-refractivity contribution in [3.05, 3.63) is 46.8 Å². The maximum Gasteiger partial charge on any atom is 0.168 e. The van der Waals surface area contributed by atoms with Crippen LogP contribution in [0.3, 0.4) is 0 Å². The Hall–Kier alpha value is -2.03. The lowest BCUT2D eigenvalue weighted by molar-refractivity contribution is 0.105. The van der Waals surface area contributed by atoms with Crippen molar-refractivity contribution in [3.63, 3.8) is 0 Å². The summed E-state index contributed by atoms with van der Waals surface area (Å²) in [6.45, 7) is 8.11. The van der Waals surface area contributed by atoms with E-state index in [0.29, 0.717) is 23.3 Å². The number of aryl methyl sites for hydroxylation is 2. The molecule has 1 aliphatic rings. The van der Waals surface area contributed by atoms with E-state index in [1.54, 1.807) is 6.07 Å². The molecule has 1 heterocycles. The van der Waals surface area contributed by atoms with E-state index in [-0.39, 0.29) is 5.75 Å². The third-order valence-corrected chi connectivity index (χ3v) is 4.79. The Labute approximate surface area is 143 Å². The molecule has 1 N–H and O–H groups in total. The highest BCUT2D eigenvalue weighted by Gasteiger charge is 2.35. The van der Waals surface area contributed by atoms with Gasteiger partial charge in [0.1, 0.15) is 11.4 Å². The standard InChI is InChI=1S/C21H25FO2/c1-5-6-7-8-14-12-17-18(20(23)19(14)22)15-11-13(2)9-10-16(15)21(3,4)24-17/h9-12,23H,5-8H2,1-4H3. The lowest BCUT2D eigenvalue weighted by Crippen LogP contribution is -2.29. The summed E-state index contributed by atoms with van der Waals surface area (Å²) in [5.74, 6) is -0.231. The summed E-state index contributed by atoms with van der Waals surface area (Å²) in [7, 11) is 0. The third kappa shape index (κ3) is 2.77. The number of benzene rings is 2. The zero-order chi connectivity index (χ0) is 17.5. The van der Waals surface area contributed by atoms with Crippen LogP contribution in [0.25, 0.3) is 11.1 Å². The van der Waals surface area contributed by atoms with Crippen LogP contribution in [-0.4, -0.2) is 5.11 Å². The molecule has 128 valence electrons. The summed E-state index contributed by atoms with van der Waals surface area (Å²) < 4.78 is 20.8. The average molecular weight is 328 g/mol. The fourth-order valence-corrected chi connectivity index (χ4v) is 3.48. The number of unbranched alkanes of at least 4 members (excludes halogenated alkanes) is 2. The Kier molecular flexibility index (Phi) is 4.29. The van der Waals surface area contributed by atoms with Gasteiger partial charge < -0.3 is 9.84 Å². The van der Waals surface area contributed by atoms with Crippen LogP contribution in [0.5, 0.6) is 11.5 Å². The highest BCUT2D eigenvalue weighted by molar-refractivity contribution is 5.82. The minimum atomic E-state index is -0.513. The van der Waals surface area contributed by atoms with Gasteiger partial charge in [-0.2, -0.15) is 0 Å². The summed E-state index contributed by atoms with van der Waals surface area (Å²) >= 11 is 0. The van der Waals surface area contributed by atoms with Gasteiger partial charge in [-0.15, -0.1) is 0 Å². The lowest BCUT2D eigenvalue weighted by atomic mass is 9.84. The molecule has 0 aliphatic carbocycles. The second-order valence-corrected chi connectivity index (χ2v) is 7.19. The number of phenols is 1. The van der Waals surface area contributed by atoms with E-state index in [1.807, 2.05) is 39.0 Å². The first-order valence-electron chi connectivity index (χ1n) is 8.70. The van der Waals surface area contributed by atoms with E-state index >= 15 is 0 Å². The van der Waals surface area contributed by atoms with Gasteiger partial charge in [0.25, 0.3) is 0 Å². The SMILES string of the molecule is CCCCCc1cc2c(c(O)c1F)-c1cc(C)ccc1C(C)(C)O2. The van der Waals surface area contributed by atoms with Gasteiger partial charge in [-0.1, -0.05) is 43.5 Å². The Morgan fingerprint density at radius 3 is 2.62 bits per heavy atom. The molecule has 0 aromatic heterocycles. The number of halogens is 1. The maximum atomic E-state index is 14.7. The van der Waals surface area contributed by atoms with E-state index in [0.717, 1.165) is 36.0 Å². The van der Waals surface area contributed by atoms with E-state index in [9.17, 15) is 9.50 Å². The van der Waals surface area contributed by atoms with Crippen LogP contribution in [-0.2, 0) is 12.0 Å². The van der Waals surface area contributed by atoms with Crippen LogP contribution in [0, 0.1) is 12.7 Å². The van der Waals surface area contributed by atoms with Gasteiger partial charge in [0.05, 0.1) is 5.56 Å². The van der Waals surface area contributed by atoms with Crippen molar-refractivity contribution in [2.75, 3.05) is 0 Å². The van der Waals surface area contributed by atoms with Crippen molar-refractivity contribution in [2.45, 2.75) is 59.0 Å². The molecule has 2 aromatic rings. The summed E-state index contributed by atoms with van der Waals surface area (Å²) in [6.07, 6.45) is 3.65. The van der Waals surface area contributed by atoms with Crippen LogP contribution in [0.2, 0.25) is 0 Å². The number of hydrogen-bond acceptors (Lipinski definition) is 2. The molecule has 2 nitrogen and oxygen atoms in total. The van der Waals surface area contributed by atoms with Crippen LogP contribution in [0.15, 0.2) is 24.3 Å². The van der Waals surface area contributed by atoms with Gasteiger partial charge in [0, 0.05) is 5.56 Å². The van der Waals surface area contributed by atoms with Crippen LogP contribution in [0.4, 0.5) is 4.39 Å². The third-order valence-electron chi connectivity index (χ3n) is 4.79. The van der Waals surface area contributed by atoms with E-state index in [4.69, 9.17) is 4.74 Å². The van der Waals surface area contributed by atoms with Crippen LogP contribution in [0.1, 0.15) is 56.7 Å². The van der Waals surface area contributed by atoms with E-state index < -0.39 is 11.4 Å². The van der Waals surface area contributed by atoms with Crippen molar-refractivity contribution in [1.29, 1.82) is 0 Å². The number of aromatic hydroxyl groups is 1. The molecular formula is C21H25FO2. The van der Waals surface area contributed by atoms with Gasteiger partial charge >= 0.3 is 0 Å². The van der Waals surface area contributed by atoms with Gasteiger partial charge in [-0.25, -0.2) is 4.39 Å².